The zero-order chi connectivity index (χ0) is 31.5. The first-order valence-corrected chi connectivity index (χ1v) is 15.2. The summed E-state index contributed by atoms with van der Waals surface area (Å²) in [4.78, 5) is 55.8. The molecule has 1 heterocycles. The van der Waals surface area contributed by atoms with Crippen LogP contribution in [-0.2, 0) is 25.3 Å². The lowest BCUT2D eigenvalue weighted by Crippen LogP contribution is -2.44. The molecule has 0 bridgehead atoms. The minimum Gasteiger partial charge on any atom is -0.449 e. The van der Waals surface area contributed by atoms with Gasteiger partial charge in [0, 0.05) is 34.5 Å². The van der Waals surface area contributed by atoms with Gasteiger partial charge in [-0.2, -0.15) is 4.68 Å². The van der Waals surface area contributed by atoms with Crippen LogP contribution in [0.4, 0.5) is 16.2 Å². The summed E-state index contributed by atoms with van der Waals surface area (Å²) < 4.78 is 17.0. The van der Waals surface area contributed by atoms with Crippen LogP contribution in [-0.4, -0.2) is 66.7 Å². The van der Waals surface area contributed by atoms with Crippen LogP contribution in [0.1, 0.15) is 11.1 Å². The largest absolute Gasteiger partial charge is 0.449 e. The summed E-state index contributed by atoms with van der Waals surface area (Å²) in [5.41, 5.74) is 2.70. The summed E-state index contributed by atoms with van der Waals surface area (Å²) in [5.74, 6) is -1.01. The van der Waals surface area contributed by atoms with E-state index in [4.69, 9.17) is 26.1 Å². The van der Waals surface area contributed by atoms with Crippen molar-refractivity contribution in [1.82, 2.24) is 25.5 Å². The van der Waals surface area contributed by atoms with Crippen LogP contribution in [0.2, 0.25) is 5.02 Å². The van der Waals surface area contributed by atoms with Gasteiger partial charge in [0.25, 0.3) is 0 Å². The molecule has 0 saturated carbocycles. The molecule has 228 valence electrons. The molecule has 0 unspecified atom stereocenters. The molecular formula is C28H27ClN7O7P. The highest BCUT2D eigenvalue weighted by atomic mass is 35.5. The molecule has 16 heteroatoms. The van der Waals surface area contributed by atoms with E-state index < -0.39 is 44.3 Å². The summed E-state index contributed by atoms with van der Waals surface area (Å²) in [6, 6.07) is 19.3. The van der Waals surface area contributed by atoms with Crippen molar-refractivity contribution in [3.63, 3.8) is 0 Å². The molecule has 44 heavy (non-hydrogen) atoms. The van der Waals surface area contributed by atoms with Gasteiger partial charge in [0.05, 0.1) is 11.8 Å². The van der Waals surface area contributed by atoms with E-state index in [1.54, 1.807) is 24.3 Å². The molecule has 3 amide bonds. The molecule has 0 fully saturated rings. The minimum atomic E-state index is -4.28. The first kappa shape index (κ1) is 32.0. The standard InChI is InChI=1S/C28H27ClN7O7P/c29-21-7-12-25(36-18-30-34-35-36)20(17-21)6-13-26(37)33-24(16-19-4-2-1-3-5-19)27(38)31-22-8-10-23(11-9-22)32-28(39)43-14-15-44(40,41)42/h1-13,17-18,24H,14-16H2,(H,31,38)(H,32,39)(H,33,37)(H2,40,41,42)/b13-6+/t24-/m0/s1. The van der Waals surface area contributed by atoms with Crippen LogP contribution in [0.3, 0.4) is 0 Å². The first-order chi connectivity index (χ1) is 21.1. The molecular weight excluding hydrogens is 613 g/mol. The van der Waals surface area contributed by atoms with E-state index >= 15 is 0 Å². The van der Waals surface area contributed by atoms with E-state index in [1.807, 2.05) is 30.3 Å². The van der Waals surface area contributed by atoms with Gasteiger partial charge < -0.3 is 25.2 Å². The molecule has 0 saturated heterocycles. The van der Waals surface area contributed by atoms with Gasteiger partial charge in [-0.1, -0.05) is 41.9 Å². The second-order valence-corrected chi connectivity index (χ2v) is 11.5. The van der Waals surface area contributed by atoms with Crippen molar-refractivity contribution in [1.29, 1.82) is 0 Å². The monoisotopic (exact) mass is 639 g/mol. The van der Waals surface area contributed by atoms with E-state index in [-0.39, 0.29) is 6.42 Å². The highest BCUT2D eigenvalue weighted by molar-refractivity contribution is 7.51. The maximum atomic E-state index is 13.3. The lowest BCUT2D eigenvalue weighted by molar-refractivity contribution is -0.123. The van der Waals surface area contributed by atoms with Crippen LogP contribution >= 0.6 is 19.2 Å². The molecule has 4 aromatic rings. The number of ether oxygens (including phenoxy) is 1. The molecule has 3 aromatic carbocycles. The van der Waals surface area contributed by atoms with E-state index in [0.29, 0.717) is 27.6 Å². The van der Waals surface area contributed by atoms with E-state index in [2.05, 4.69) is 31.5 Å². The number of aromatic nitrogens is 4. The SMILES string of the molecule is O=C(/C=C/c1cc(Cl)ccc1-n1cnnn1)N[C@@H](Cc1ccccc1)C(=O)Nc1ccc(NC(=O)OCCP(=O)(O)O)cc1. The third-order valence-electron chi connectivity index (χ3n) is 5.93. The van der Waals surface area contributed by atoms with Crippen molar-refractivity contribution in [2.75, 3.05) is 23.4 Å². The predicted octanol–water partition coefficient (Wildman–Crippen LogP) is 3.42. The van der Waals surface area contributed by atoms with Gasteiger partial charge in [-0.3, -0.25) is 19.5 Å². The number of halogens is 1. The summed E-state index contributed by atoms with van der Waals surface area (Å²) in [6.45, 7) is -0.451. The second-order valence-electron chi connectivity index (χ2n) is 9.26. The van der Waals surface area contributed by atoms with Crippen molar-refractivity contribution in [3.05, 3.63) is 101 Å². The van der Waals surface area contributed by atoms with Gasteiger partial charge >= 0.3 is 13.7 Å². The highest BCUT2D eigenvalue weighted by Gasteiger charge is 2.21. The fraction of sp³-hybridized carbons (Fsp3) is 0.143. The average molecular weight is 640 g/mol. The third kappa shape index (κ3) is 10.1. The number of hydrogen-bond donors (Lipinski definition) is 5. The van der Waals surface area contributed by atoms with Crippen molar-refractivity contribution in [2.24, 2.45) is 0 Å². The second kappa shape index (κ2) is 15.0. The molecule has 4 rings (SSSR count). The Morgan fingerprint density at radius 2 is 1.70 bits per heavy atom. The normalized spacial score (nSPS) is 12.0. The Hall–Kier alpha value is -4.88. The Kier molecular flexibility index (Phi) is 10.9. The maximum Gasteiger partial charge on any atom is 0.411 e. The highest BCUT2D eigenvalue weighted by Crippen LogP contribution is 2.33. The molecule has 1 atom stereocenters. The molecule has 0 aliphatic heterocycles. The number of hydrogen-bond acceptors (Lipinski definition) is 8. The number of nitrogens with zero attached hydrogens (tertiary/aromatic N) is 4. The quantitative estimate of drug-likeness (QED) is 0.113. The zero-order valence-corrected chi connectivity index (χ0v) is 24.6. The van der Waals surface area contributed by atoms with Crippen LogP contribution in [0, 0.1) is 0 Å². The van der Waals surface area contributed by atoms with E-state index in [1.165, 1.54) is 41.4 Å². The summed E-state index contributed by atoms with van der Waals surface area (Å²) >= 11 is 6.16. The lowest BCUT2D eigenvalue weighted by atomic mass is 10.0. The summed E-state index contributed by atoms with van der Waals surface area (Å²) in [5, 5.41) is 19.5. The van der Waals surface area contributed by atoms with E-state index in [9.17, 15) is 18.9 Å². The van der Waals surface area contributed by atoms with Crippen molar-refractivity contribution < 1.29 is 33.5 Å². The van der Waals surface area contributed by atoms with Crippen molar-refractivity contribution in [3.8, 4) is 5.69 Å². The maximum absolute atomic E-state index is 13.3. The number of rotatable bonds is 12. The van der Waals surface area contributed by atoms with Crippen LogP contribution in [0.15, 0.2) is 85.2 Å². The minimum absolute atomic E-state index is 0.208. The lowest BCUT2D eigenvalue weighted by Gasteiger charge is -2.18. The number of benzene rings is 3. The third-order valence-corrected chi connectivity index (χ3v) is 6.93. The Morgan fingerprint density at radius 3 is 2.36 bits per heavy atom. The summed E-state index contributed by atoms with van der Waals surface area (Å²) in [7, 11) is -4.28. The number of carbonyl (C=O) groups excluding carboxylic acids is 3. The fourth-order valence-electron chi connectivity index (χ4n) is 3.86. The molecule has 0 aliphatic rings. The number of amides is 3. The van der Waals surface area contributed by atoms with Gasteiger partial charge in [-0.15, -0.1) is 5.10 Å². The van der Waals surface area contributed by atoms with Crippen LogP contribution in [0.5, 0.6) is 0 Å². The van der Waals surface area contributed by atoms with Crippen LogP contribution in [0.25, 0.3) is 11.8 Å². The first-order valence-electron chi connectivity index (χ1n) is 13.0. The molecule has 0 spiro atoms. The Labute approximate surface area is 256 Å². The van der Waals surface area contributed by atoms with E-state index in [0.717, 1.165) is 5.56 Å². The predicted molar refractivity (Wildman–Crippen MR) is 162 cm³/mol. The smallest absolute Gasteiger partial charge is 0.411 e. The molecule has 1 aromatic heterocycles. The molecule has 0 radical (unpaired) electrons. The number of tetrazole rings is 1. The van der Waals surface area contributed by atoms with Gasteiger partial charge in [-0.05, 0) is 64.5 Å². The number of carbonyl (C=O) groups is 3. The van der Waals surface area contributed by atoms with Gasteiger partial charge in [0.15, 0.2) is 0 Å². The van der Waals surface area contributed by atoms with Gasteiger partial charge in [0.2, 0.25) is 11.8 Å². The number of nitrogens with one attached hydrogen (secondary N) is 3. The van der Waals surface area contributed by atoms with Gasteiger partial charge in [0.1, 0.15) is 19.0 Å². The Balaban J connectivity index is 1.41. The van der Waals surface area contributed by atoms with Crippen molar-refractivity contribution >= 4 is 54.6 Å². The van der Waals surface area contributed by atoms with Crippen molar-refractivity contribution in [2.45, 2.75) is 12.5 Å². The molecule has 14 nitrogen and oxygen atoms in total. The Bertz CT molecular complexity index is 1660. The number of anilines is 2. The zero-order valence-electron chi connectivity index (χ0n) is 22.9. The van der Waals surface area contributed by atoms with Crippen LogP contribution < -0.4 is 16.0 Å². The average Bonchev–Trinajstić information content (AvgIpc) is 3.51. The molecule has 5 N–H and O–H groups in total. The Morgan fingerprint density at radius 1 is 1.00 bits per heavy atom. The topological polar surface area (TPSA) is 198 Å². The fourth-order valence-corrected chi connectivity index (χ4v) is 4.37. The summed E-state index contributed by atoms with van der Waals surface area (Å²) in [6.07, 6.45) is 2.95. The molecule has 0 aliphatic carbocycles. The van der Waals surface area contributed by atoms with Gasteiger partial charge in [-0.25, -0.2) is 4.79 Å².